The van der Waals surface area contributed by atoms with Gasteiger partial charge in [0.1, 0.15) is 0 Å². The van der Waals surface area contributed by atoms with Crippen LogP contribution in [0.3, 0.4) is 0 Å². The van der Waals surface area contributed by atoms with Crippen LogP contribution < -0.4 is 0 Å². The molecule has 0 aliphatic rings. The minimum absolute atomic E-state index is 0.0739. The van der Waals surface area contributed by atoms with Crippen LogP contribution in [0.5, 0.6) is 0 Å². The molecule has 0 aliphatic heterocycles. The van der Waals surface area contributed by atoms with E-state index >= 15 is 0 Å². The molecule has 1 rings (SSSR count). The highest BCUT2D eigenvalue weighted by Crippen LogP contribution is 2.16. The zero-order valence-corrected chi connectivity index (χ0v) is 9.27. The molecular formula is C11H15ClO. The summed E-state index contributed by atoms with van der Waals surface area (Å²) in [7, 11) is 0. The summed E-state index contributed by atoms with van der Waals surface area (Å²) in [6, 6.07) is 5.27. The van der Waals surface area contributed by atoms with Crippen molar-refractivity contribution < 1.29 is 4.79 Å². The minimum atomic E-state index is 0.0739. The largest absolute Gasteiger partial charge is 0.295 e. The molecule has 0 spiro atoms. The van der Waals surface area contributed by atoms with Crippen molar-refractivity contribution in [2.75, 3.05) is 0 Å². The van der Waals surface area contributed by atoms with Gasteiger partial charge >= 0.3 is 0 Å². The van der Waals surface area contributed by atoms with Gasteiger partial charge < -0.3 is 0 Å². The fourth-order valence-electron chi connectivity index (χ4n) is 0.864. The van der Waals surface area contributed by atoms with Crippen molar-refractivity contribution in [2.45, 2.75) is 27.7 Å². The van der Waals surface area contributed by atoms with Crippen LogP contribution in [0, 0.1) is 6.92 Å². The number of aryl methyl sites for hydroxylation is 1. The number of Topliss-reactive ketones (excluding diaryl/α,β-unsaturated/α-hetero) is 1. The first-order valence-electron chi connectivity index (χ1n) is 4.38. The van der Waals surface area contributed by atoms with E-state index in [0.717, 1.165) is 5.56 Å². The van der Waals surface area contributed by atoms with Crippen LogP contribution in [0.1, 0.15) is 36.7 Å². The smallest absolute Gasteiger partial charge is 0.159 e. The summed E-state index contributed by atoms with van der Waals surface area (Å²) in [4.78, 5) is 10.9. The lowest BCUT2D eigenvalue weighted by atomic mass is 10.1. The molecule has 2 heteroatoms. The molecule has 0 bridgehead atoms. The van der Waals surface area contributed by atoms with E-state index in [0.29, 0.717) is 10.6 Å². The number of halogens is 1. The summed E-state index contributed by atoms with van der Waals surface area (Å²) in [6.45, 7) is 7.43. The normalized spacial score (nSPS) is 8.69. The summed E-state index contributed by atoms with van der Waals surface area (Å²) < 4.78 is 0. The molecule has 0 N–H and O–H groups in total. The predicted octanol–water partition coefficient (Wildman–Crippen LogP) is 3.88. The van der Waals surface area contributed by atoms with Gasteiger partial charge in [-0.3, -0.25) is 4.79 Å². The highest BCUT2D eigenvalue weighted by atomic mass is 35.5. The molecule has 0 aromatic heterocycles. The third-order valence-electron chi connectivity index (χ3n) is 1.56. The van der Waals surface area contributed by atoms with E-state index in [9.17, 15) is 4.79 Å². The molecular weight excluding hydrogens is 184 g/mol. The van der Waals surface area contributed by atoms with Crippen LogP contribution in [0.4, 0.5) is 0 Å². The molecule has 0 heterocycles. The Bertz CT molecular complexity index is 292. The van der Waals surface area contributed by atoms with E-state index in [1.165, 1.54) is 0 Å². The fourth-order valence-corrected chi connectivity index (χ4v) is 0.981. The van der Waals surface area contributed by atoms with Crippen molar-refractivity contribution in [3.05, 3.63) is 34.3 Å². The van der Waals surface area contributed by atoms with Gasteiger partial charge in [-0.25, -0.2) is 0 Å². The molecule has 1 nitrogen and oxygen atoms in total. The van der Waals surface area contributed by atoms with Crippen molar-refractivity contribution in [2.24, 2.45) is 0 Å². The molecule has 0 fully saturated rings. The quantitative estimate of drug-likeness (QED) is 0.626. The second-order valence-corrected chi connectivity index (χ2v) is 2.93. The second kappa shape index (κ2) is 5.76. The van der Waals surface area contributed by atoms with Crippen molar-refractivity contribution in [1.29, 1.82) is 0 Å². The average molecular weight is 199 g/mol. The molecule has 1 aromatic carbocycles. The fraction of sp³-hybridized carbons (Fsp3) is 0.364. The lowest BCUT2D eigenvalue weighted by molar-refractivity contribution is 0.101. The highest BCUT2D eigenvalue weighted by Gasteiger charge is 2.00. The Hall–Kier alpha value is -0.820. The van der Waals surface area contributed by atoms with Gasteiger partial charge in [0.2, 0.25) is 0 Å². The number of ketones is 1. The first kappa shape index (κ1) is 12.2. The summed E-state index contributed by atoms with van der Waals surface area (Å²) in [5.41, 5.74) is 1.66. The summed E-state index contributed by atoms with van der Waals surface area (Å²) in [6.07, 6.45) is 0. The molecule has 0 saturated carbocycles. The van der Waals surface area contributed by atoms with Crippen LogP contribution in [0.15, 0.2) is 18.2 Å². The van der Waals surface area contributed by atoms with Crippen molar-refractivity contribution in [3.8, 4) is 0 Å². The first-order valence-corrected chi connectivity index (χ1v) is 4.76. The minimum Gasteiger partial charge on any atom is -0.295 e. The summed E-state index contributed by atoms with van der Waals surface area (Å²) in [5.74, 6) is 0.0739. The van der Waals surface area contributed by atoms with Gasteiger partial charge in [-0.15, -0.1) is 0 Å². The molecule has 13 heavy (non-hydrogen) atoms. The molecule has 0 atom stereocenters. The lowest BCUT2D eigenvalue weighted by Gasteiger charge is -1.98. The first-order chi connectivity index (χ1) is 6.11. The predicted molar refractivity (Wildman–Crippen MR) is 57.5 cm³/mol. The van der Waals surface area contributed by atoms with Crippen LogP contribution in [-0.4, -0.2) is 5.78 Å². The molecule has 1 aromatic rings. The number of hydrogen-bond donors (Lipinski definition) is 0. The number of hydrogen-bond acceptors (Lipinski definition) is 1. The van der Waals surface area contributed by atoms with Gasteiger partial charge in [0.15, 0.2) is 5.78 Å². The van der Waals surface area contributed by atoms with Crippen molar-refractivity contribution in [3.63, 3.8) is 0 Å². The maximum Gasteiger partial charge on any atom is 0.159 e. The Balaban J connectivity index is 0.000000671. The van der Waals surface area contributed by atoms with Crippen LogP contribution in [0.25, 0.3) is 0 Å². The van der Waals surface area contributed by atoms with E-state index in [1.807, 2.05) is 20.8 Å². The monoisotopic (exact) mass is 198 g/mol. The number of carbonyl (C=O) groups is 1. The molecule has 0 radical (unpaired) electrons. The van der Waals surface area contributed by atoms with Crippen LogP contribution >= 0.6 is 11.6 Å². The Morgan fingerprint density at radius 3 is 2.23 bits per heavy atom. The van der Waals surface area contributed by atoms with Crippen molar-refractivity contribution in [1.82, 2.24) is 0 Å². The van der Waals surface area contributed by atoms with E-state index in [2.05, 4.69) is 0 Å². The van der Waals surface area contributed by atoms with E-state index in [-0.39, 0.29) is 5.78 Å². The van der Waals surface area contributed by atoms with Gasteiger partial charge in [-0.05, 0) is 37.6 Å². The van der Waals surface area contributed by atoms with Crippen LogP contribution in [-0.2, 0) is 0 Å². The van der Waals surface area contributed by atoms with Crippen LogP contribution in [0.2, 0.25) is 5.02 Å². The Morgan fingerprint density at radius 2 is 1.85 bits per heavy atom. The van der Waals surface area contributed by atoms with Gasteiger partial charge in [-0.2, -0.15) is 0 Å². The standard InChI is InChI=1S/C9H9ClO.C2H6/c1-6-5-8(7(2)11)3-4-9(6)10;1-2/h3-5H,1-2H3;1-2H3. The zero-order valence-electron chi connectivity index (χ0n) is 8.52. The van der Waals surface area contributed by atoms with E-state index < -0.39 is 0 Å². The number of carbonyl (C=O) groups excluding carboxylic acids is 1. The van der Waals surface area contributed by atoms with Crippen molar-refractivity contribution >= 4 is 17.4 Å². The second-order valence-electron chi connectivity index (χ2n) is 2.52. The number of rotatable bonds is 1. The highest BCUT2D eigenvalue weighted by molar-refractivity contribution is 6.31. The summed E-state index contributed by atoms with van der Waals surface area (Å²) >= 11 is 5.77. The van der Waals surface area contributed by atoms with Gasteiger partial charge in [0.05, 0.1) is 0 Å². The molecule has 0 aliphatic carbocycles. The number of benzene rings is 1. The zero-order chi connectivity index (χ0) is 10.4. The molecule has 0 saturated heterocycles. The third-order valence-corrected chi connectivity index (χ3v) is 1.99. The molecule has 0 amide bonds. The third kappa shape index (κ3) is 3.60. The average Bonchev–Trinajstić information content (AvgIpc) is 2.13. The van der Waals surface area contributed by atoms with E-state index in [1.54, 1.807) is 25.1 Å². The Kier molecular flexibility index (Phi) is 5.40. The van der Waals surface area contributed by atoms with E-state index in [4.69, 9.17) is 11.6 Å². The maximum atomic E-state index is 10.9. The SMILES string of the molecule is CC.CC(=O)c1ccc(Cl)c(C)c1. The molecule has 72 valence electrons. The maximum absolute atomic E-state index is 10.9. The lowest BCUT2D eigenvalue weighted by Crippen LogP contribution is -1.91. The van der Waals surface area contributed by atoms with Gasteiger partial charge in [0, 0.05) is 10.6 Å². The topological polar surface area (TPSA) is 17.1 Å². The molecule has 0 unspecified atom stereocenters. The summed E-state index contributed by atoms with van der Waals surface area (Å²) in [5, 5.41) is 0.704. The Labute approximate surface area is 84.7 Å². The Morgan fingerprint density at radius 1 is 1.31 bits per heavy atom. The van der Waals surface area contributed by atoms with Gasteiger partial charge in [-0.1, -0.05) is 25.4 Å². The van der Waals surface area contributed by atoms with Gasteiger partial charge in [0.25, 0.3) is 0 Å².